The van der Waals surface area contributed by atoms with Crippen LogP contribution in [-0.4, -0.2) is 49.3 Å². The summed E-state index contributed by atoms with van der Waals surface area (Å²) in [5, 5.41) is 13.7. The van der Waals surface area contributed by atoms with E-state index in [0.717, 1.165) is 66.7 Å². The van der Waals surface area contributed by atoms with Crippen molar-refractivity contribution in [1.29, 1.82) is 0 Å². The van der Waals surface area contributed by atoms with E-state index in [0.29, 0.717) is 19.1 Å². The van der Waals surface area contributed by atoms with Crippen LogP contribution in [0.2, 0.25) is 0 Å². The second kappa shape index (κ2) is 9.50. The molecule has 0 radical (unpaired) electrons. The van der Waals surface area contributed by atoms with Crippen LogP contribution >= 0.6 is 0 Å². The van der Waals surface area contributed by atoms with E-state index in [1.165, 1.54) is 19.3 Å². The Balaban J connectivity index is 1.41. The summed E-state index contributed by atoms with van der Waals surface area (Å²) >= 11 is 0. The number of aromatic amines is 1. The highest BCUT2D eigenvalue weighted by molar-refractivity contribution is 5.81. The molecule has 2 aromatic heterocycles. The van der Waals surface area contributed by atoms with Gasteiger partial charge in [0.2, 0.25) is 0 Å². The Morgan fingerprint density at radius 2 is 2.03 bits per heavy atom. The molecular weight excluding hydrogens is 404 g/mol. The Morgan fingerprint density at radius 1 is 1.16 bits per heavy atom. The molecule has 8 heteroatoms. The van der Waals surface area contributed by atoms with Gasteiger partial charge in [-0.1, -0.05) is 37.5 Å². The van der Waals surface area contributed by atoms with Gasteiger partial charge in [0.15, 0.2) is 5.82 Å². The second-order valence-electron chi connectivity index (χ2n) is 9.30. The largest absolute Gasteiger partial charge is 0.377 e. The molecule has 5 rings (SSSR count). The van der Waals surface area contributed by atoms with Crippen LogP contribution in [0.25, 0.3) is 10.9 Å². The highest BCUT2D eigenvalue weighted by Crippen LogP contribution is 2.28. The van der Waals surface area contributed by atoms with Gasteiger partial charge in [-0.25, -0.2) is 4.68 Å². The first-order chi connectivity index (χ1) is 15.7. The molecule has 0 amide bonds. The lowest BCUT2D eigenvalue weighted by atomic mass is 9.95. The van der Waals surface area contributed by atoms with E-state index in [-0.39, 0.29) is 11.7 Å². The minimum atomic E-state index is -0.0315. The number of pyridine rings is 1. The zero-order chi connectivity index (χ0) is 21.9. The minimum Gasteiger partial charge on any atom is -0.377 e. The number of ether oxygens (including phenoxy) is 1. The Labute approximate surface area is 188 Å². The van der Waals surface area contributed by atoms with E-state index in [2.05, 4.69) is 31.5 Å². The molecule has 0 unspecified atom stereocenters. The molecule has 8 nitrogen and oxygen atoms in total. The number of aryl methyl sites for hydroxylation is 1. The van der Waals surface area contributed by atoms with Gasteiger partial charge in [-0.3, -0.25) is 9.69 Å². The Bertz CT molecular complexity index is 1110. The van der Waals surface area contributed by atoms with Crippen molar-refractivity contribution in [2.24, 2.45) is 0 Å². The SMILES string of the molecule is Cc1cccc2cc(CN(Cc3nnnn3C3CCCCC3)C[C@@H]3CCCO3)c(=O)[nH]c12. The van der Waals surface area contributed by atoms with Crippen LogP contribution in [0, 0.1) is 6.92 Å². The number of nitrogens with one attached hydrogen (secondary N) is 1. The summed E-state index contributed by atoms with van der Waals surface area (Å²) in [6, 6.07) is 8.50. The van der Waals surface area contributed by atoms with Crippen LogP contribution in [0.3, 0.4) is 0 Å². The van der Waals surface area contributed by atoms with Gasteiger partial charge in [-0.2, -0.15) is 0 Å². The van der Waals surface area contributed by atoms with Gasteiger partial charge in [0.05, 0.1) is 24.2 Å². The van der Waals surface area contributed by atoms with Crippen molar-refractivity contribution < 1.29 is 4.74 Å². The maximum absolute atomic E-state index is 12.9. The highest BCUT2D eigenvalue weighted by atomic mass is 16.5. The maximum Gasteiger partial charge on any atom is 0.252 e. The van der Waals surface area contributed by atoms with Crippen LogP contribution in [0.1, 0.15) is 67.9 Å². The van der Waals surface area contributed by atoms with Crippen LogP contribution < -0.4 is 5.56 Å². The lowest BCUT2D eigenvalue weighted by molar-refractivity contribution is 0.0659. The van der Waals surface area contributed by atoms with E-state index in [1.54, 1.807) is 0 Å². The number of tetrazole rings is 1. The first-order valence-electron chi connectivity index (χ1n) is 11.9. The number of nitrogens with zero attached hydrogens (tertiary/aromatic N) is 5. The van der Waals surface area contributed by atoms with Crippen molar-refractivity contribution in [3.05, 3.63) is 51.6 Å². The summed E-state index contributed by atoms with van der Waals surface area (Å²) in [7, 11) is 0. The van der Waals surface area contributed by atoms with Crippen LogP contribution in [-0.2, 0) is 17.8 Å². The first kappa shape index (κ1) is 21.3. The van der Waals surface area contributed by atoms with Gasteiger partial charge >= 0.3 is 0 Å². The zero-order valence-corrected chi connectivity index (χ0v) is 18.8. The molecule has 1 aliphatic heterocycles. The number of hydrogen-bond donors (Lipinski definition) is 1. The third-order valence-electron chi connectivity index (χ3n) is 6.89. The van der Waals surface area contributed by atoms with Gasteiger partial charge in [-0.05, 0) is 60.0 Å². The standard InChI is InChI=1S/C24H32N6O2/c1-17-7-5-8-18-13-19(24(31)25-23(17)18)14-29(15-21-11-6-12-32-21)16-22-26-27-28-30(22)20-9-3-2-4-10-20/h5,7-8,13,20-21H,2-4,6,9-12,14-16H2,1H3,(H,25,31)/t21-/m0/s1. The van der Waals surface area contributed by atoms with Crippen molar-refractivity contribution in [2.45, 2.75) is 77.1 Å². The quantitative estimate of drug-likeness (QED) is 0.610. The van der Waals surface area contributed by atoms with Crippen LogP contribution in [0.4, 0.5) is 0 Å². The average Bonchev–Trinajstić information content (AvgIpc) is 3.48. The normalized spacial score (nSPS) is 19.9. The fourth-order valence-electron chi connectivity index (χ4n) is 5.17. The highest BCUT2D eigenvalue weighted by Gasteiger charge is 2.25. The van der Waals surface area contributed by atoms with E-state index in [1.807, 2.05) is 29.8 Å². The van der Waals surface area contributed by atoms with E-state index in [9.17, 15) is 4.79 Å². The summed E-state index contributed by atoms with van der Waals surface area (Å²) in [5.41, 5.74) is 2.72. The monoisotopic (exact) mass is 436 g/mol. The van der Waals surface area contributed by atoms with Crippen LogP contribution in [0.5, 0.6) is 0 Å². The molecule has 1 saturated carbocycles. The van der Waals surface area contributed by atoms with Gasteiger partial charge in [0.1, 0.15) is 0 Å². The average molecular weight is 437 g/mol. The topological polar surface area (TPSA) is 88.9 Å². The molecule has 1 atom stereocenters. The number of H-pyrrole nitrogens is 1. The molecule has 1 N–H and O–H groups in total. The van der Waals surface area contributed by atoms with Gasteiger partial charge in [0, 0.05) is 25.3 Å². The molecule has 1 aromatic carbocycles. The molecule has 0 spiro atoms. The van der Waals surface area contributed by atoms with Crippen molar-refractivity contribution in [1.82, 2.24) is 30.1 Å². The summed E-state index contributed by atoms with van der Waals surface area (Å²) in [6.07, 6.45) is 8.36. The molecule has 32 heavy (non-hydrogen) atoms. The lowest BCUT2D eigenvalue weighted by Crippen LogP contribution is -2.34. The van der Waals surface area contributed by atoms with E-state index in [4.69, 9.17) is 4.74 Å². The molecular formula is C24H32N6O2. The van der Waals surface area contributed by atoms with Crippen molar-refractivity contribution >= 4 is 10.9 Å². The smallest absolute Gasteiger partial charge is 0.252 e. The molecule has 1 aliphatic carbocycles. The number of fused-ring (bicyclic) bond motifs is 1. The molecule has 2 aliphatic rings. The molecule has 3 heterocycles. The molecule has 2 fully saturated rings. The van der Waals surface area contributed by atoms with E-state index >= 15 is 0 Å². The number of para-hydroxylation sites is 1. The fraction of sp³-hybridized carbons (Fsp3) is 0.583. The number of rotatable bonds is 7. The number of hydrogen-bond acceptors (Lipinski definition) is 6. The van der Waals surface area contributed by atoms with Crippen molar-refractivity contribution in [3.63, 3.8) is 0 Å². The summed E-state index contributed by atoms with van der Waals surface area (Å²) in [5.74, 6) is 0.878. The maximum atomic E-state index is 12.9. The fourth-order valence-corrected chi connectivity index (χ4v) is 5.17. The zero-order valence-electron chi connectivity index (χ0n) is 18.8. The summed E-state index contributed by atoms with van der Waals surface area (Å²) in [6.45, 7) is 4.75. The number of aromatic nitrogens is 5. The molecule has 170 valence electrons. The Hall–Kier alpha value is -2.58. The first-order valence-corrected chi connectivity index (χ1v) is 11.9. The van der Waals surface area contributed by atoms with Gasteiger partial charge < -0.3 is 9.72 Å². The molecule has 3 aromatic rings. The van der Waals surface area contributed by atoms with Crippen LogP contribution in [0.15, 0.2) is 29.1 Å². The lowest BCUT2D eigenvalue weighted by Gasteiger charge is -2.27. The summed E-state index contributed by atoms with van der Waals surface area (Å²) < 4.78 is 7.94. The third kappa shape index (κ3) is 4.61. The van der Waals surface area contributed by atoms with Gasteiger partial charge in [0.25, 0.3) is 5.56 Å². The van der Waals surface area contributed by atoms with Gasteiger partial charge in [-0.15, -0.1) is 5.10 Å². The Morgan fingerprint density at radius 3 is 2.84 bits per heavy atom. The Kier molecular flexibility index (Phi) is 6.32. The van der Waals surface area contributed by atoms with Crippen molar-refractivity contribution in [3.8, 4) is 0 Å². The molecule has 0 bridgehead atoms. The summed E-state index contributed by atoms with van der Waals surface area (Å²) in [4.78, 5) is 18.3. The predicted molar refractivity (Wildman–Crippen MR) is 122 cm³/mol. The molecule has 1 saturated heterocycles. The third-order valence-corrected chi connectivity index (χ3v) is 6.89. The predicted octanol–water partition coefficient (Wildman–Crippen LogP) is 3.51. The second-order valence-corrected chi connectivity index (χ2v) is 9.30. The number of benzene rings is 1. The minimum absolute atomic E-state index is 0.0315. The van der Waals surface area contributed by atoms with E-state index < -0.39 is 0 Å². The van der Waals surface area contributed by atoms with Crippen molar-refractivity contribution in [2.75, 3.05) is 13.2 Å².